The maximum absolute atomic E-state index is 15.6. The maximum atomic E-state index is 15.6. The van der Waals surface area contributed by atoms with E-state index in [0.717, 1.165) is 24.0 Å². The number of cyclic esters (lactones) is 1. The molecule has 5 aliphatic rings. The first-order chi connectivity index (χ1) is 38.3. The van der Waals surface area contributed by atoms with Crippen LogP contribution in [0.25, 0.3) is 0 Å². The SMILES string of the molecule is CC[C@H](C)[C@H](NC(=O)CCNC(=O)CCNC(=O)[C@@H](CCC(=O)O)NC(=O)CN1CCC(CNC[CH-]CN(C[C-]=O)[C]2(F)CNCC(=O)[O][Al]2)CC1)C(=O)N[C@H]1CCc2cccc3c2N(C1=O)[C@H](C(=O)N[C@H]1CC(=O)O[C@@H]1OC)C3.[Mo+2]. The average Bonchev–Trinajstić information content (AvgIpc) is 3.90. The van der Waals surface area contributed by atoms with Crippen molar-refractivity contribution < 1.29 is 96.6 Å². The van der Waals surface area contributed by atoms with Crippen LogP contribution in [-0.2, 0) is 99.9 Å². The second kappa shape index (κ2) is 32.4. The van der Waals surface area contributed by atoms with Crippen LogP contribution in [0.4, 0.5) is 10.1 Å². The molecule has 7 amide bonds. The first-order valence-corrected chi connectivity index (χ1v) is 28.3. The Morgan fingerprint density at radius 2 is 1.69 bits per heavy atom. The molecule has 0 saturated carbocycles. The van der Waals surface area contributed by atoms with Gasteiger partial charge in [0.15, 0.2) is 4.65 Å². The number of likely N-dealkylation sites (tertiary alicyclic amines) is 1. The number of nitrogens with one attached hydrogen (secondary N) is 8. The van der Waals surface area contributed by atoms with Crippen molar-refractivity contribution in [3.8, 4) is 0 Å². The van der Waals surface area contributed by atoms with E-state index < -0.39 is 122 Å². The summed E-state index contributed by atoms with van der Waals surface area (Å²) >= 11 is -1.36. The van der Waals surface area contributed by atoms with Crippen molar-refractivity contribution in [3.05, 3.63) is 35.7 Å². The molecule has 1 radical (unpaired) electrons. The molecule has 5 aliphatic heterocycles. The van der Waals surface area contributed by atoms with Crippen LogP contribution >= 0.6 is 0 Å². The number of carbonyl (C=O) groups is 10. The molecular formula is C52H74AlFMoN11O15. The zero-order valence-electron chi connectivity index (χ0n) is 45.9. The smallest absolute Gasteiger partial charge is 0.618 e. The first kappa shape index (κ1) is 66.3. The number of rotatable bonds is 30. The van der Waals surface area contributed by atoms with E-state index in [1.807, 2.05) is 30.0 Å². The summed E-state index contributed by atoms with van der Waals surface area (Å²) in [6.45, 7) is 5.18. The number of aliphatic carboxylic acids is 1. The van der Waals surface area contributed by atoms with Gasteiger partial charge >= 0.3 is 48.6 Å². The maximum Gasteiger partial charge on any atom is 2.00 e. The second-order valence-corrected chi connectivity index (χ2v) is 22.1. The normalized spacial score (nSPS) is 22.9. The van der Waals surface area contributed by atoms with Gasteiger partial charge in [-0.3, -0.25) is 57.7 Å². The van der Waals surface area contributed by atoms with Crippen LogP contribution in [0, 0.1) is 18.3 Å². The van der Waals surface area contributed by atoms with Gasteiger partial charge in [-0.2, -0.15) is 0 Å². The molecule has 8 atom stereocenters. The number of carboxylic acids is 1. The predicted octanol–water partition coefficient (Wildman–Crippen LogP) is -3.02. The van der Waals surface area contributed by atoms with E-state index in [2.05, 4.69) is 42.5 Å². The third kappa shape index (κ3) is 19.3. The van der Waals surface area contributed by atoms with Gasteiger partial charge in [-0.15, -0.1) is 19.6 Å². The zero-order chi connectivity index (χ0) is 57.9. The summed E-state index contributed by atoms with van der Waals surface area (Å²) in [7, 11) is 1.35. The minimum atomic E-state index is -1.97. The van der Waals surface area contributed by atoms with Gasteiger partial charge in [0.05, 0.1) is 25.2 Å². The Kier molecular flexibility index (Phi) is 26.5. The minimum Gasteiger partial charge on any atom is -0.618 e. The van der Waals surface area contributed by atoms with Crippen molar-refractivity contribution in [2.45, 2.75) is 126 Å². The third-order valence-corrected chi connectivity index (χ3v) is 16.2. The Balaban J connectivity index is 0.0000120. The number of halogens is 1. The number of carboxylic acid groups (broad SMARTS) is 1. The van der Waals surface area contributed by atoms with E-state index in [1.54, 1.807) is 19.6 Å². The summed E-state index contributed by atoms with van der Waals surface area (Å²) in [5, 5.41) is 31.6. The van der Waals surface area contributed by atoms with Gasteiger partial charge in [0.25, 0.3) is 5.97 Å². The van der Waals surface area contributed by atoms with Gasteiger partial charge in [0, 0.05) is 52.4 Å². The van der Waals surface area contributed by atoms with Crippen molar-refractivity contribution in [1.29, 1.82) is 0 Å². The number of benzene rings is 1. The Morgan fingerprint density at radius 3 is 2.41 bits per heavy atom. The fourth-order valence-corrected chi connectivity index (χ4v) is 11.3. The number of anilines is 1. The summed E-state index contributed by atoms with van der Waals surface area (Å²) in [5.74, 6) is -6.16. The molecule has 0 aliphatic carbocycles. The molecule has 0 aromatic heterocycles. The topological polar surface area (TPSA) is 342 Å². The molecule has 5 heterocycles. The molecule has 81 heavy (non-hydrogen) atoms. The van der Waals surface area contributed by atoms with Crippen LogP contribution in [0.1, 0.15) is 82.8 Å². The number of aryl methyl sites for hydroxylation is 1. The second-order valence-electron chi connectivity index (χ2n) is 20.7. The number of nitrogens with zero attached hydrogens (tertiary/aromatic N) is 3. The van der Waals surface area contributed by atoms with Crippen molar-refractivity contribution in [2.24, 2.45) is 11.8 Å². The van der Waals surface area contributed by atoms with Gasteiger partial charge in [0.1, 0.15) is 30.2 Å². The Labute approximate surface area is 490 Å². The van der Waals surface area contributed by atoms with Crippen LogP contribution in [0.3, 0.4) is 0 Å². The summed E-state index contributed by atoms with van der Waals surface area (Å²) in [5.41, 5.74) is 2.22. The molecular weight excluding hydrogens is 1160 g/mol. The predicted molar refractivity (Wildman–Crippen MR) is 283 cm³/mol. The van der Waals surface area contributed by atoms with Crippen molar-refractivity contribution in [3.63, 3.8) is 0 Å². The number of amides is 7. The fourth-order valence-electron chi connectivity index (χ4n) is 10.3. The molecule has 1 aromatic rings. The number of piperidine rings is 1. The van der Waals surface area contributed by atoms with E-state index in [-0.39, 0.29) is 117 Å². The molecule has 3 fully saturated rings. The standard InChI is InChI=1S/C52H75FN11O15.Al.Mo/c1-4-31(2)46(50(76)59-36-10-9-33-7-5-8-34-25-38(64(47(33)34)51(36)77)49(75)60-37-26-45(73)79-52(37)78-3)61-41(67)14-18-56-40(66)13-19-57-48(74)35(11-12-43(69)70)58-42(68)30-62-21-15-32(16-22-62)27-54-17-6-20-63(23-24-65)39(53)28-55-29-44(71)72;;/h5-8,31-32,35-38,46,52,54-55H,4,9-23,25-30H2,1-3H3,(H,56,66)(H,57,74)(H,58,68)(H,59,76)(H,60,75)(H,61,67)(H,69,70)(H,71,72);;/q-2;+1;+2/p-1/t31-,35+,36-,37-,38-,46-,52-;;/m0../s1. The van der Waals surface area contributed by atoms with Crippen molar-refractivity contribution >= 4 is 86.8 Å². The molecule has 29 heteroatoms. The van der Waals surface area contributed by atoms with Crippen LogP contribution in [0.5, 0.6) is 0 Å². The third-order valence-electron chi connectivity index (χ3n) is 14.9. The molecule has 1 unspecified atom stereocenters. The van der Waals surface area contributed by atoms with Crippen LogP contribution < -0.4 is 47.4 Å². The molecule has 443 valence electrons. The van der Waals surface area contributed by atoms with Gasteiger partial charge in [-0.05, 0) is 74.7 Å². The van der Waals surface area contributed by atoms with Crippen molar-refractivity contribution in [2.75, 3.05) is 84.0 Å². The molecule has 6 rings (SSSR count). The molecule has 9 N–H and O–H groups in total. The summed E-state index contributed by atoms with van der Waals surface area (Å²) in [6.07, 6.45) is 4.27. The van der Waals surface area contributed by atoms with E-state index in [9.17, 15) is 57.8 Å². The first-order valence-electron chi connectivity index (χ1n) is 27.2. The Bertz CT molecular complexity index is 2430. The zero-order valence-corrected chi connectivity index (χ0v) is 49.0. The summed E-state index contributed by atoms with van der Waals surface area (Å²) in [6, 6.07) is 0.521. The summed E-state index contributed by atoms with van der Waals surface area (Å²) in [4.78, 5) is 145. The summed E-state index contributed by atoms with van der Waals surface area (Å²) < 4.78 is 29.0. The average molecular weight is 1240 g/mol. The molecule has 0 bridgehead atoms. The number of ether oxygens (including phenoxy) is 2. The minimum absolute atomic E-state index is 0. The number of carbonyl (C=O) groups excluding carboxylic acids is 10. The quantitative estimate of drug-likeness (QED) is 0.0122. The van der Waals surface area contributed by atoms with Gasteiger partial charge in [0.2, 0.25) is 47.6 Å². The number of esters is 1. The number of para-hydroxylation sites is 1. The van der Waals surface area contributed by atoms with E-state index in [4.69, 9.17) is 13.3 Å². The molecule has 0 spiro atoms. The van der Waals surface area contributed by atoms with E-state index >= 15 is 4.39 Å². The van der Waals surface area contributed by atoms with E-state index in [1.165, 1.54) is 16.9 Å². The number of hydrogen-bond donors (Lipinski definition) is 9. The number of hydrogen-bond acceptors (Lipinski definition) is 18. The number of methoxy groups -OCH3 is 1. The van der Waals surface area contributed by atoms with Gasteiger partial charge in [-0.1, -0.05) is 38.5 Å². The Morgan fingerprint density at radius 1 is 0.963 bits per heavy atom. The fraction of sp³-hybridized carbons (Fsp3) is 0.654. The van der Waals surface area contributed by atoms with Gasteiger partial charge < -0.3 is 77.0 Å². The van der Waals surface area contributed by atoms with E-state index in [0.29, 0.717) is 44.7 Å². The van der Waals surface area contributed by atoms with Gasteiger partial charge in [-0.25, -0.2) is 10.7 Å². The monoisotopic (exact) mass is 1240 g/mol. The van der Waals surface area contributed by atoms with Crippen LogP contribution in [0.2, 0.25) is 0 Å². The largest absolute Gasteiger partial charge is 2.00 e. The Hall–Kier alpha value is -5.46. The van der Waals surface area contributed by atoms with Crippen molar-refractivity contribution in [1.82, 2.24) is 52.3 Å². The van der Waals surface area contributed by atoms with Crippen LogP contribution in [-0.4, -0.2) is 216 Å². The molecule has 1 aromatic carbocycles. The van der Waals surface area contributed by atoms with Crippen LogP contribution in [0.15, 0.2) is 18.2 Å². The number of alkyl halides is 1. The molecule has 26 nitrogen and oxygen atoms in total. The molecule has 3 saturated heterocycles.